The van der Waals surface area contributed by atoms with Gasteiger partial charge in [-0.3, -0.25) is 0 Å². The molecule has 0 aliphatic heterocycles. The maximum Gasteiger partial charge on any atom is 0.306 e. The van der Waals surface area contributed by atoms with E-state index in [4.69, 9.17) is 0 Å². The molecule has 0 aliphatic rings. The minimum Gasteiger partial charge on any atom is -0.302 e. The second-order valence-electron chi connectivity index (χ2n) is 3.87. The highest BCUT2D eigenvalue weighted by molar-refractivity contribution is 8.05. The van der Waals surface area contributed by atoms with Crippen molar-refractivity contribution < 1.29 is 17.0 Å². The molecule has 2 atom stereocenters. The van der Waals surface area contributed by atoms with E-state index >= 15 is 0 Å². The molecule has 8 heteroatoms. The lowest BCUT2D eigenvalue weighted by Gasteiger charge is -2.15. The van der Waals surface area contributed by atoms with Crippen molar-refractivity contribution in [2.45, 2.75) is 11.8 Å². The predicted octanol–water partition coefficient (Wildman–Crippen LogP) is 1.22. The molecular formula is C10H15FN2O3S2. The van der Waals surface area contributed by atoms with E-state index in [0.717, 1.165) is 5.56 Å². The van der Waals surface area contributed by atoms with Crippen LogP contribution >= 0.6 is 0 Å². The summed E-state index contributed by atoms with van der Waals surface area (Å²) >= 11 is 0. The molecule has 0 aliphatic carbocycles. The average molecular weight is 294 g/mol. The number of hydrogen-bond donors (Lipinski definition) is 1. The Balaban J connectivity index is 2.81. The van der Waals surface area contributed by atoms with Gasteiger partial charge in [0, 0.05) is 19.8 Å². The van der Waals surface area contributed by atoms with Gasteiger partial charge in [-0.05, 0) is 19.1 Å². The van der Waals surface area contributed by atoms with Crippen LogP contribution in [-0.4, -0.2) is 35.9 Å². The van der Waals surface area contributed by atoms with E-state index in [1.54, 1.807) is 24.3 Å². The van der Waals surface area contributed by atoms with Crippen LogP contribution in [0, 0.1) is 6.92 Å². The summed E-state index contributed by atoms with van der Waals surface area (Å²) in [7, 11) is -4.19. The van der Waals surface area contributed by atoms with Gasteiger partial charge in [0.1, 0.15) is 0 Å². The summed E-state index contributed by atoms with van der Waals surface area (Å²) < 4.78 is 51.1. The second kappa shape index (κ2) is 5.77. The van der Waals surface area contributed by atoms with Gasteiger partial charge in [-0.2, -0.15) is 0 Å². The zero-order valence-corrected chi connectivity index (χ0v) is 11.9. The van der Waals surface area contributed by atoms with E-state index in [-0.39, 0.29) is 0 Å². The molecule has 102 valence electrons. The summed E-state index contributed by atoms with van der Waals surface area (Å²) in [4.78, 5) is -2.51. The highest BCUT2D eigenvalue weighted by atomic mass is 32.3. The Labute approximate surface area is 109 Å². The van der Waals surface area contributed by atoms with Gasteiger partial charge >= 0.3 is 4.84 Å². The molecule has 0 aromatic heterocycles. The summed E-state index contributed by atoms with van der Waals surface area (Å²) in [6.07, 6.45) is 0. The maximum absolute atomic E-state index is 13.6. The molecule has 0 saturated carbocycles. The topological polar surface area (TPSA) is 66.5 Å². The number of rotatable bonds is 5. The normalized spacial score (nSPS) is 15.4. The maximum atomic E-state index is 13.6. The summed E-state index contributed by atoms with van der Waals surface area (Å²) in [6.45, 7) is 1.87. The molecule has 0 saturated heterocycles. The standard InChI is InChI=1S/C10H15FN2O3S2/c1-8-4-6-9(7-5-8)12-17(14)10(11)18(15,16)13(2)3/h4-7,10,12H,1-3H3. The number of halogens is 1. The molecule has 0 radical (unpaired) electrons. The highest BCUT2D eigenvalue weighted by Gasteiger charge is 2.33. The number of nitrogens with one attached hydrogen (secondary N) is 1. The number of benzene rings is 1. The smallest absolute Gasteiger partial charge is 0.302 e. The van der Waals surface area contributed by atoms with E-state index in [1.807, 2.05) is 6.92 Å². The van der Waals surface area contributed by atoms with Crippen LogP contribution in [0.2, 0.25) is 0 Å². The lowest BCUT2D eigenvalue weighted by Crippen LogP contribution is -2.35. The third kappa shape index (κ3) is 3.50. The number of alkyl halides is 1. The Morgan fingerprint density at radius 3 is 2.22 bits per heavy atom. The zero-order valence-electron chi connectivity index (χ0n) is 10.3. The highest BCUT2D eigenvalue weighted by Crippen LogP contribution is 2.15. The van der Waals surface area contributed by atoms with Crippen LogP contribution in [0.4, 0.5) is 10.1 Å². The SMILES string of the molecule is Cc1ccc(NS(=O)C(F)S(=O)(=O)N(C)C)cc1. The van der Waals surface area contributed by atoms with Crippen LogP contribution < -0.4 is 4.72 Å². The van der Waals surface area contributed by atoms with Crippen molar-refractivity contribution >= 4 is 26.7 Å². The first-order valence-electron chi connectivity index (χ1n) is 5.04. The first-order valence-corrected chi connectivity index (χ1v) is 7.76. The van der Waals surface area contributed by atoms with Gasteiger partial charge < -0.3 is 4.72 Å². The van der Waals surface area contributed by atoms with E-state index in [9.17, 15) is 17.0 Å². The molecule has 0 spiro atoms. The van der Waals surface area contributed by atoms with Gasteiger partial charge in [0.25, 0.3) is 10.0 Å². The van der Waals surface area contributed by atoms with E-state index < -0.39 is 25.8 Å². The van der Waals surface area contributed by atoms with Crippen molar-refractivity contribution in [1.29, 1.82) is 0 Å². The van der Waals surface area contributed by atoms with Gasteiger partial charge in [0.15, 0.2) is 11.0 Å². The van der Waals surface area contributed by atoms with Crippen molar-refractivity contribution in [2.75, 3.05) is 18.8 Å². The summed E-state index contributed by atoms with van der Waals surface area (Å²) in [6, 6.07) is 6.69. The lowest BCUT2D eigenvalue weighted by atomic mass is 10.2. The van der Waals surface area contributed by atoms with E-state index in [0.29, 0.717) is 9.99 Å². The van der Waals surface area contributed by atoms with Gasteiger partial charge in [0.2, 0.25) is 0 Å². The first kappa shape index (κ1) is 15.1. The average Bonchev–Trinajstić information content (AvgIpc) is 2.30. The monoisotopic (exact) mass is 294 g/mol. The van der Waals surface area contributed by atoms with Crippen molar-refractivity contribution in [3.05, 3.63) is 29.8 Å². The molecule has 0 amide bonds. The molecule has 1 N–H and O–H groups in total. The Morgan fingerprint density at radius 2 is 1.78 bits per heavy atom. The van der Waals surface area contributed by atoms with Crippen LogP contribution in [0.25, 0.3) is 0 Å². The van der Waals surface area contributed by atoms with Crippen molar-refractivity contribution in [1.82, 2.24) is 4.31 Å². The number of sulfonamides is 1. The Morgan fingerprint density at radius 1 is 1.28 bits per heavy atom. The predicted molar refractivity (Wildman–Crippen MR) is 70.4 cm³/mol. The number of nitrogens with zero attached hydrogens (tertiary/aromatic N) is 1. The molecule has 0 bridgehead atoms. The molecule has 5 nitrogen and oxygen atoms in total. The second-order valence-corrected chi connectivity index (χ2v) is 7.55. The fraction of sp³-hybridized carbons (Fsp3) is 0.400. The van der Waals surface area contributed by atoms with Crippen LogP contribution in [0.5, 0.6) is 0 Å². The van der Waals surface area contributed by atoms with E-state index in [2.05, 4.69) is 4.72 Å². The molecular weight excluding hydrogens is 279 g/mol. The van der Waals surface area contributed by atoms with Gasteiger partial charge in [-0.15, -0.1) is 0 Å². The van der Waals surface area contributed by atoms with Crippen LogP contribution in [0.3, 0.4) is 0 Å². The van der Waals surface area contributed by atoms with Crippen LogP contribution in [-0.2, 0) is 21.0 Å². The molecule has 2 unspecified atom stereocenters. The molecule has 0 fully saturated rings. The summed E-state index contributed by atoms with van der Waals surface area (Å²) in [5, 5.41) is 0. The molecule has 1 aromatic carbocycles. The summed E-state index contributed by atoms with van der Waals surface area (Å²) in [5.41, 5.74) is 1.39. The quantitative estimate of drug-likeness (QED) is 0.888. The largest absolute Gasteiger partial charge is 0.306 e. The molecule has 0 heterocycles. The molecule has 18 heavy (non-hydrogen) atoms. The third-order valence-corrected chi connectivity index (χ3v) is 5.70. The van der Waals surface area contributed by atoms with Crippen LogP contribution in [0.15, 0.2) is 24.3 Å². The fourth-order valence-corrected chi connectivity index (χ4v) is 3.40. The van der Waals surface area contributed by atoms with Crippen LogP contribution in [0.1, 0.15) is 5.56 Å². The minimum absolute atomic E-state index is 0.399. The van der Waals surface area contributed by atoms with Crippen molar-refractivity contribution in [2.24, 2.45) is 0 Å². The number of anilines is 1. The summed E-state index contributed by atoms with van der Waals surface area (Å²) in [5.74, 6) is 0. The van der Waals surface area contributed by atoms with Gasteiger partial charge in [-0.1, -0.05) is 17.7 Å². The number of aryl methyl sites for hydroxylation is 1. The van der Waals surface area contributed by atoms with Gasteiger partial charge in [0.05, 0.1) is 0 Å². The minimum atomic E-state index is -4.20. The van der Waals surface area contributed by atoms with E-state index in [1.165, 1.54) is 14.1 Å². The Kier molecular flexibility index (Phi) is 4.83. The Hall–Kier alpha value is -0.990. The lowest BCUT2D eigenvalue weighted by molar-refractivity contribution is 0.456. The van der Waals surface area contributed by atoms with Gasteiger partial charge in [-0.25, -0.2) is 21.3 Å². The first-order chi connectivity index (χ1) is 8.25. The third-order valence-electron chi connectivity index (χ3n) is 2.18. The van der Waals surface area contributed by atoms with Crippen molar-refractivity contribution in [3.63, 3.8) is 0 Å². The fourth-order valence-electron chi connectivity index (χ4n) is 1.06. The number of hydrogen-bond acceptors (Lipinski definition) is 3. The molecule has 1 aromatic rings. The van der Waals surface area contributed by atoms with Crippen molar-refractivity contribution in [3.8, 4) is 0 Å². The zero-order chi connectivity index (χ0) is 13.9. The molecule has 1 rings (SSSR count). The Bertz CT molecular complexity index is 529.